The molecule has 0 saturated carbocycles. The topological polar surface area (TPSA) is 131 Å². The number of carboxylic acid groups (broad SMARTS) is 1. The predicted octanol–water partition coefficient (Wildman–Crippen LogP) is 1.19. The summed E-state index contributed by atoms with van der Waals surface area (Å²) in [6, 6.07) is 6.64. The number of rotatable bonds is 14. The van der Waals surface area contributed by atoms with Crippen LogP contribution in [-0.4, -0.2) is 54.2 Å². The van der Waals surface area contributed by atoms with E-state index in [9.17, 15) is 20.0 Å². The van der Waals surface area contributed by atoms with Crippen molar-refractivity contribution in [2.75, 3.05) is 32.9 Å². The van der Waals surface area contributed by atoms with E-state index in [-0.39, 0.29) is 19.6 Å². The third kappa shape index (κ3) is 8.87. The molecular formula is C16H24N2O7. The lowest BCUT2D eigenvalue weighted by Crippen LogP contribution is -2.19. The summed E-state index contributed by atoms with van der Waals surface area (Å²) in [6.45, 7) is 1.97. The summed E-state index contributed by atoms with van der Waals surface area (Å²) in [4.78, 5) is 25.6. The molecule has 9 heteroatoms. The van der Waals surface area contributed by atoms with Gasteiger partial charge in [0.25, 0.3) is 5.09 Å². The Bertz CT molecular complexity index is 522. The lowest BCUT2D eigenvalue weighted by atomic mass is 9.96. The smallest absolute Gasteiger partial charge is 0.311 e. The number of hydrogen-bond donors (Lipinski definition) is 3. The van der Waals surface area contributed by atoms with Gasteiger partial charge in [-0.2, -0.15) is 0 Å². The van der Waals surface area contributed by atoms with E-state index < -0.39 is 17.0 Å². The number of nitrogens with zero attached hydrogens (tertiary/aromatic N) is 1. The lowest BCUT2D eigenvalue weighted by molar-refractivity contribution is -0.757. The van der Waals surface area contributed by atoms with Gasteiger partial charge in [-0.25, -0.2) is 0 Å². The Labute approximate surface area is 145 Å². The van der Waals surface area contributed by atoms with E-state index in [4.69, 9.17) is 9.84 Å². The molecule has 1 rings (SSSR count). The highest BCUT2D eigenvalue weighted by Crippen LogP contribution is 2.23. The molecule has 0 aliphatic carbocycles. The zero-order chi connectivity index (χ0) is 18.5. The van der Waals surface area contributed by atoms with E-state index in [2.05, 4.69) is 10.2 Å². The second kappa shape index (κ2) is 12.0. The highest BCUT2D eigenvalue weighted by atomic mass is 16.9. The molecule has 0 bridgehead atoms. The van der Waals surface area contributed by atoms with Crippen LogP contribution in [0.1, 0.15) is 30.7 Å². The Hall–Kier alpha value is -2.39. The van der Waals surface area contributed by atoms with Crippen LogP contribution in [0.25, 0.3) is 0 Å². The van der Waals surface area contributed by atoms with Crippen LogP contribution in [0, 0.1) is 10.1 Å². The van der Waals surface area contributed by atoms with E-state index in [1.54, 1.807) is 24.3 Å². The Kier molecular flexibility index (Phi) is 9.95. The molecule has 1 aromatic carbocycles. The Balaban J connectivity index is 2.39. The van der Waals surface area contributed by atoms with Crippen molar-refractivity contribution >= 4 is 5.97 Å². The molecule has 0 aliphatic rings. The SMILES string of the molecule is O=C(O)C(CCO[N+](=O)[O-])c1ccc(OCCCNCCCO)cc1. The number of benzene rings is 1. The van der Waals surface area contributed by atoms with Gasteiger partial charge in [-0.15, -0.1) is 10.1 Å². The maximum absolute atomic E-state index is 11.3. The number of carbonyl (C=O) groups is 1. The molecular weight excluding hydrogens is 332 g/mol. The Morgan fingerprint density at radius 2 is 1.88 bits per heavy atom. The highest BCUT2D eigenvalue weighted by Gasteiger charge is 2.20. The minimum Gasteiger partial charge on any atom is -0.494 e. The van der Waals surface area contributed by atoms with Crippen LogP contribution in [-0.2, 0) is 9.63 Å². The quantitative estimate of drug-likeness (QED) is 0.257. The largest absolute Gasteiger partial charge is 0.494 e. The fraction of sp³-hybridized carbons (Fsp3) is 0.562. The van der Waals surface area contributed by atoms with Crippen LogP contribution >= 0.6 is 0 Å². The molecule has 1 aromatic rings. The average Bonchev–Trinajstić information content (AvgIpc) is 2.58. The van der Waals surface area contributed by atoms with Crippen LogP contribution < -0.4 is 10.1 Å². The van der Waals surface area contributed by atoms with E-state index in [0.29, 0.717) is 17.9 Å². The first-order chi connectivity index (χ1) is 12.0. The summed E-state index contributed by atoms with van der Waals surface area (Å²) in [6.07, 6.45) is 1.54. The molecule has 140 valence electrons. The molecule has 0 aromatic heterocycles. The highest BCUT2D eigenvalue weighted by molar-refractivity contribution is 5.76. The van der Waals surface area contributed by atoms with Gasteiger partial charge in [0.15, 0.2) is 0 Å². The molecule has 0 spiro atoms. The minimum absolute atomic E-state index is 0.00995. The maximum atomic E-state index is 11.3. The van der Waals surface area contributed by atoms with E-state index in [1.807, 2.05) is 0 Å². The molecule has 0 fully saturated rings. The molecule has 0 radical (unpaired) electrons. The number of aliphatic hydroxyl groups excluding tert-OH is 1. The van der Waals surface area contributed by atoms with Crippen molar-refractivity contribution in [3.63, 3.8) is 0 Å². The number of carboxylic acids is 1. The van der Waals surface area contributed by atoms with Crippen molar-refractivity contribution in [3.8, 4) is 5.75 Å². The fourth-order valence-corrected chi connectivity index (χ4v) is 2.19. The van der Waals surface area contributed by atoms with Crippen molar-refractivity contribution in [2.45, 2.75) is 25.2 Å². The predicted molar refractivity (Wildman–Crippen MR) is 89.1 cm³/mol. The molecule has 3 N–H and O–H groups in total. The monoisotopic (exact) mass is 356 g/mol. The van der Waals surface area contributed by atoms with E-state index in [1.165, 1.54) is 0 Å². The standard InChI is InChI=1S/C16H24N2O7/c19-10-1-8-17-9-2-11-24-14-5-3-13(4-6-14)15(16(20)21)7-12-25-18(22)23/h3-6,15,17,19H,1-2,7-12H2,(H,20,21). The van der Waals surface area contributed by atoms with Gasteiger partial charge >= 0.3 is 5.97 Å². The number of ether oxygens (including phenoxy) is 1. The number of aliphatic carboxylic acids is 1. The van der Waals surface area contributed by atoms with Crippen molar-refractivity contribution in [2.24, 2.45) is 0 Å². The zero-order valence-electron chi connectivity index (χ0n) is 13.9. The summed E-state index contributed by atoms with van der Waals surface area (Å²) in [7, 11) is 0. The second-order valence-electron chi connectivity index (χ2n) is 5.33. The number of nitrogens with one attached hydrogen (secondary N) is 1. The molecule has 25 heavy (non-hydrogen) atoms. The first-order valence-corrected chi connectivity index (χ1v) is 8.09. The van der Waals surface area contributed by atoms with Gasteiger partial charge in [0.1, 0.15) is 5.75 Å². The summed E-state index contributed by atoms with van der Waals surface area (Å²) in [5, 5.41) is 30.3. The third-order valence-corrected chi connectivity index (χ3v) is 3.46. The van der Waals surface area contributed by atoms with Crippen LogP contribution in [0.2, 0.25) is 0 Å². The van der Waals surface area contributed by atoms with Crippen LogP contribution in [0.15, 0.2) is 24.3 Å². The van der Waals surface area contributed by atoms with Gasteiger partial charge in [-0.1, -0.05) is 12.1 Å². The maximum Gasteiger partial charge on any atom is 0.311 e. The Morgan fingerprint density at radius 1 is 1.20 bits per heavy atom. The molecule has 1 unspecified atom stereocenters. The first kappa shape index (κ1) is 20.7. The molecule has 9 nitrogen and oxygen atoms in total. The first-order valence-electron chi connectivity index (χ1n) is 8.09. The van der Waals surface area contributed by atoms with Crippen molar-refractivity contribution in [1.29, 1.82) is 0 Å². The van der Waals surface area contributed by atoms with Gasteiger partial charge in [0, 0.05) is 6.61 Å². The van der Waals surface area contributed by atoms with Gasteiger partial charge in [-0.3, -0.25) is 4.79 Å². The minimum atomic E-state index is -1.06. The lowest BCUT2D eigenvalue weighted by Gasteiger charge is -2.13. The van der Waals surface area contributed by atoms with Crippen molar-refractivity contribution in [1.82, 2.24) is 5.32 Å². The number of hydrogen-bond acceptors (Lipinski definition) is 7. The summed E-state index contributed by atoms with van der Waals surface area (Å²) in [5.41, 5.74) is 0.539. The second-order valence-corrected chi connectivity index (χ2v) is 5.33. The fourth-order valence-electron chi connectivity index (χ4n) is 2.19. The van der Waals surface area contributed by atoms with Gasteiger partial charge in [0.2, 0.25) is 0 Å². The van der Waals surface area contributed by atoms with Crippen LogP contribution in [0.4, 0.5) is 0 Å². The van der Waals surface area contributed by atoms with Gasteiger partial charge < -0.3 is 25.1 Å². The molecule has 1 atom stereocenters. The summed E-state index contributed by atoms with van der Waals surface area (Å²) < 4.78 is 5.57. The zero-order valence-corrected chi connectivity index (χ0v) is 13.9. The number of aliphatic hydroxyl groups is 1. The summed E-state index contributed by atoms with van der Waals surface area (Å²) in [5.74, 6) is -1.30. The van der Waals surface area contributed by atoms with E-state index >= 15 is 0 Å². The molecule has 0 amide bonds. The van der Waals surface area contributed by atoms with Gasteiger partial charge in [-0.05, 0) is 50.0 Å². The van der Waals surface area contributed by atoms with Crippen LogP contribution in [0.5, 0.6) is 5.75 Å². The third-order valence-electron chi connectivity index (χ3n) is 3.46. The molecule has 0 aliphatic heterocycles. The Morgan fingerprint density at radius 3 is 2.48 bits per heavy atom. The van der Waals surface area contributed by atoms with Crippen molar-refractivity contribution in [3.05, 3.63) is 39.9 Å². The average molecular weight is 356 g/mol. The van der Waals surface area contributed by atoms with Crippen molar-refractivity contribution < 1.29 is 29.7 Å². The van der Waals surface area contributed by atoms with Crippen LogP contribution in [0.3, 0.4) is 0 Å². The van der Waals surface area contributed by atoms with E-state index in [0.717, 1.165) is 25.9 Å². The molecule has 0 heterocycles. The summed E-state index contributed by atoms with van der Waals surface area (Å²) >= 11 is 0. The van der Waals surface area contributed by atoms with Gasteiger partial charge in [0.05, 0.1) is 19.1 Å². The normalized spacial score (nSPS) is 11.7. The molecule has 0 saturated heterocycles.